The van der Waals surface area contributed by atoms with Crippen molar-refractivity contribution in [1.82, 2.24) is 15.1 Å². The molecule has 0 bridgehead atoms. The minimum atomic E-state index is -3.07. The summed E-state index contributed by atoms with van der Waals surface area (Å²) in [5.74, 6) is -5.51. The average molecular weight is 480 g/mol. The number of nitrogens with zero attached hydrogens (tertiary/aromatic N) is 3. The van der Waals surface area contributed by atoms with E-state index < -0.39 is 47.6 Å². The van der Waals surface area contributed by atoms with Gasteiger partial charge in [-0.3, -0.25) is 9.78 Å². The van der Waals surface area contributed by atoms with E-state index in [1.807, 2.05) is 43.3 Å². The number of cyclic esters (lactones) is 1. The van der Waals surface area contributed by atoms with Crippen LogP contribution in [-0.2, 0) is 16.0 Å². The highest BCUT2D eigenvalue weighted by molar-refractivity contribution is 5.80. The molecule has 1 saturated carbocycles. The minimum Gasteiger partial charge on any atom is -0.462 e. The standard InChI is InChI=1S/C27H27F2N3O3/c1-16-6-4-5-7-21(16)19-8-9-20(30-13-19)10-11-22-17(2)27(28,29)14-26(12-23-31-15-34-32-23)24(22)18(3)35-25(26)33/h4-11,13,15,17-18,22,24H,12,14H2,1-3H3/b11-10+/t17-,18+,22-,24-,26+/m0/s1. The third kappa shape index (κ3) is 4.05. The van der Waals surface area contributed by atoms with Gasteiger partial charge >= 0.3 is 5.97 Å². The second kappa shape index (κ2) is 8.66. The summed E-state index contributed by atoms with van der Waals surface area (Å²) in [6.07, 6.45) is 5.29. The summed E-state index contributed by atoms with van der Waals surface area (Å²) in [7, 11) is 0. The molecule has 2 aromatic heterocycles. The van der Waals surface area contributed by atoms with E-state index in [1.165, 1.54) is 6.92 Å². The number of carbonyl (C=O) groups excluding carboxylic acids is 1. The van der Waals surface area contributed by atoms with Gasteiger partial charge in [0.2, 0.25) is 6.39 Å². The number of hydrogen-bond acceptors (Lipinski definition) is 6. The molecule has 5 rings (SSSR count). The molecule has 2 fully saturated rings. The van der Waals surface area contributed by atoms with E-state index in [9.17, 15) is 4.79 Å². The van der Waals surface area contributed by atoms with Crippen molar-refractivity contribution < 1.29 is 22.8 Å². The van der Waals surface area contributed by atoms with Crippen LogP contribution in [0.5, 0.6) is 0 Å². The summed E-state index contributed by atoms with van der Waals surface area (Å²) in [5, 5.41) is 3.78. The minimum absolute atomic E-state index is 0.0483. The van der Waals surface area contributed by atoms with E-state index in [-0.39, 0.29) is 12.2 Å². The number of ether oxygens (including phenoxy) is 1. The molecule has 182 valence electrons. The van der Waals surface area contributed by atoms with Crippen molar-refractivity contribution in [2.75, 3.05) is 0 Å². The number of allylic oxidation sites excluding steroid dienone is 1. The Labute approximate surface area is 202 Å². The van der Waals surface area contributed by atoms with Crippen molar-refractivity contribution in [2.45, 2.75) is 45.6 Å². The number of halogens is 2. The van der Waals surface area contributed by atoms with Crippen LogP contribution in [0.3, 0.4) is 0 Å². The lowest BCUT2D eigenvalue weighted by Gasteiger charge is -2.47. The van der Waals surface area contributed by atoms with Crippen LogP contribution >= 0.6 is 0 Å². The Kier molecular flexibility index (Phi) is 5.77. The molecule has 3 aromatic rings. The Balaban J connectivity index is 1.47. The molecule has 2 aliphatic rings. The molecular weight excluding hydrogens is 452 g/mol. The quantitative estimate of drug-likeness (QED) is 0.448. The van der Waals surface area contributed by atoms with E-state index in [0.717, 1.165) is 23.1 Å². The van der Waals surface area contributed by atoms with Gasteiger partial charge in [-0.1, -0.05) is 48.5 Å². The first-order valence-corrected chi connectivity index (χ1v) is 11.8. The number of hydrogen-bond donors (Lipinski definition) is 0. The molecule has 0 amide bonds. The van der Waals surface area contributed by atoms with Gasteiger partial charge in [0.05, 0.1) is 11.1 Å². The normalized spacial score (nSPS) is 29.8. The summed E-state index contributed by atoms with van der Waals surface area (Å²) in [6, 6.07) is 11.9. The lowest BCUT2D eigenvalue weighted by Crippen LogP contribution is -2.54. The number of pyridine rings is 1. The second-order valence-corrected chi connectivity index (χ2v) is 9.77. The Morgan fingerprint density at radius 3 is 2.63 bits per heavy atom. The van der Waals surface area contributed by atoms with Crippen LogP contribution in [0.25, 0.3) is 17.2 Å². The van der Waals surface area contributed by atoms with Gasteiger partial charge in [0.25, 0.3) is 5.92 Å². The Morgan fingerprint density at radius 1 is 1.14 bits per heavy atom. The Hall–Kier alpha value is -3.42. The molecule has 0 N–H and O–H groups in total. The third-order valence-corrected chi connectivity index (χ3v) is 7.66. The zero-order valence-electron chi connectivity index (χ0n) is 19.8. The van der Waals surface area contributed by atoms with Crippen LogP contribution in [0.4, 0.5) is 8.78 Å². The maximum atomic E-state index is 15.3. The molecule has 6 nitrogen and oxygen atoms in total. The first kappa shape index (κ1) is 23.3. The SMILES string of the molecule is Cc1ccccc1-c1ccc(/C=C/[C@@H]2[C@@H]3[C@@H](C)OC(=O)[C@]3(Cc3ncon3)CC(F)(F)[C@H]2C)nc1. The van der Waals surface area contributed by atoms with Crippen molar-refractivity contribution >= 4 is 12.0 Å². The largest absolute Gasteiger partial charge is 0.462 e. The van der Waals surface area contributed by atoms with E-state index in [4.69, 9.17) is 9.26 Å². The Morgan fingerprint density at radius 2 is 1.94 bits per heavy atom. The molecule has 35 heavy (non-hydrogen) atoms. The smallest absolute Gasteiger partial charge is 0.313 e. The molecule has 0 radical (unpaired) electrons. The fraction of sp³-hybridized carbons (Fsp3) is 0.407. The average Bonchev–Trinajstić information content (AvgIpc) is 3.41. The number of aryl methyl sites for hydroxylation is 1. The number of benzene rings is 1. The summed E-state index contributed by atoms with van der Waals surface area (Å²) < 4.78 is 41.0. The fourth-order valence-electron chi connectivity index (χ4n) is 5.85. The molecule has 1 saturated heterocycles. The second-order valence-electron chi connectivity index (χ2n) is 9.77. The molecule has 5 atom stereocenters. The van der Waals surface area contributed by atoms with E-state index in [2.05, 4.69) is 15.1 Å². The van der Waals surface area contributed by atoms with Crippen molar-refractivity contribution in [3.8, 4) is 11.1 Å². The first-order valence-electron chi connectivity index (χ1n) is 11.8. The van der Waals surface area contributed by atoms with Crippen molar-refractivity contribution in [3.63, 3.8) is 0 Å². The highest BCUT2D eigenvalue weighted by Gasteiger charge is 2.68. The van der Waals surface area contributed by atoms with Crippen LogP contribution in [-0.4, -0.2) is 33.1 Å². The maximum Gasteiger partial charge on any atom is 0.313 e. The van der Waals surface area contributed by atoms with Gasteiger partial charge in [0.15, 0.2) is 5.82 Å². The van der Waals surface area contributed by atoms with Gasteiger partial charge in [-0.15, -0.1) is 0 Å². The summed E-state index contributed by atoms with van der Waals surface area (Å²) in [5.41, 5.74) is 2.47. The number of carbonyl (C=O) groups is 1. The number of alkyl halides is 2. The van der Waals surface area contributed by atoms with Crippen molar-refractivity contribution in [3.05, 3.63) is 72.1 Å². The van der Waals surface area contributed by atoms with Gasteiger partial charge < -0.3 is 9.26 Å². The van der Waals surface area contributed by atoms with Crippen molar-refractivity contribution in [2.24, 2.45) is 23.2 Å². The van der Waals surface area contributed by atoms with E-state index in [1.54, 1.807) is 25.3 Å². The molecular formula is C27H27F2N3O3. The maximum absolute atomic E-state index is 15.3. The van der Waals surface area contributed by atoms with Crippen LogP contribution in [0.2, 0.25) is 0 Å². The van der Waals surface area contributed by atoms with E-state index >= 15 is 8.78 Å². The van der Waals surface area contributed by atoms with Crippen LogP contribution in [0.1, 0.15) is 37.4 Å². The van der Waals surface area contributed by atoms with Gasteiger partial charge in [-0.2, -0.15) is 4.98 Å². The predicted octanol–water partition coefficient (Wildman–Crippen LogP) is 5.54. The lowest BCUT2D eigenvalue weighted by atomic mass is 9.55. The summed E-state index contributed by atoms with van der Waals surface area (Å²) in [6.45, 7) is 5.35. The number of aromatic nitrogens is 3. The third-order valence-electron chi connectivity index (χ3n) is 7.66. The zero-order valence-corrected chi connectivity index (χ0v) is 19.8. The molecule has 3 heterocycles. The molecule has 1 aliphatic carbocycles. The molecule has 1 aliphatic heterocycles. The number of esters is 1. The van der Waals surface area contributed by atoms with Gasteiger partial charge in [-0.25, -0.2) is 8.78 Å². The zero-order chi connectivity index (χ0) is 24.8. The van der Waals surface area contributed by atoms with Crippen LogP contribution < -0.4 is 0 Å². The predicted molar refractivity (Wildman–Crippen MR) is 125 cm³/mol. The summed E-state index contributed by atoms with van der Waals surface area (Å²) in [4.78, 5) is 21.5. The van der Waals surface area contributed by atoms with Crippen molar-refractivity contribution in [1.29, 1.82) is 0 Å². The van der Waals surface area contributed by atoms with E-state index in [0.29, 0.717) is 5.69 Å². The topological polar surface area (TPSA) is 78.1 Å². The summed E-state index contributed by atoms with van der Waals surface area (Å²) >= 11 is 0. The molecule has 0 unspecified atom stereocenters. The van der Waals surface area contributed by atoms with Crippen LogP contribution in [0, 0.1) is 30.1 Å². The van der Waals surface area contributed by atoms with Crippen LogP contribution in [0.15, 0.2) is 59.6 Å². The van der Waals surface area contributed by atoms with Gasteiger partial charge in [-0.05, 0) is 43.0 Å². The highest BCUT2D eigenvalue weighted by Crippen LogP contribution is 2.60. The molecule has 0 spiro atoms. The number of rotatable bonds is 5. The number of fused-ring (bicyclic) bond motifs is 1. The molecule has 1 aromatic carbocycles. The Bertz CT molecular complexity index is 1240. The van der Waals surface area contributed by atoms with Gasteiger partial charge in [0, 0.05) is 36.4 Å². The monoisotopic (exact) mass is 479 g/mol. The first-order chi connectivity index (χ1) is 16.7. The highest BCUT2D eigenvalue weighted by atomic mass is 19.3. The lowest BCUT2D eigenvalue weighted by molar-refractivity contribution is -0.171. The van der Waals surface area contributed by atoms with Gasteiger partial charge in [0.1, 0.15) is 6.10 Å². The molecule has 8 heteroatoms. The fourth-order valence-corrected chi connectivity index (χ4v) is 5.85.